The lowest BCUT2D eigenvalue weighted by molar-refractivity contribution is -0.164. The van der Waals surface area contributed by atoms with E-state index < -0.39 is 23.6 Å². The molecule has 0 amide bonds. The van der Waals surface area contributed by atoms with Crippen molar-refractivity contribution in [2.24, 2.45) is 5.41 Å². The average molecular weight is 528 g/mol. The molecular weight excluding hydrogens is 482 g/mol. The van der Waals surface area contributed by atoms with E-state index in [0.717, 1.165) is 73.9 Å². The minimum atomic E-state index is -0.929. The first-order valence-corrected chi connectivity index (χ1v) is 13.6. The summed E-state index contributed by atoms with van der Waals surface area (Å²) in [6.07, 6.45) is 7.30. The van der Waals surface area contributed by atoms with Crippen molar-refractivity contribution in [2.75, 3.05) is 32.2 Å². The summed E-state index contributed by atoms with van der Waals surface area (Å²) < 4.78 is 18.2. The van der Waals surface area contributed by atoms with E-state index in [1.807, 2.05) is 33.9 Å². The van der Waals surface area contributed by atoms with E-state index in [1.165, 1.54) is 19.8 Å². The molecular formula is C30H45N3O5. The number of nitrogens with zero attached hydrogens (tertiary/aromatic N) is 3. The minimum Gasteiger partial charge on any atom is -0.467 e. The largest absolute Gasteiger partial charge is 0.467 e. The first-order valence-electron chi connectivity index (χ1n) is 13.6. The highest BCUT2D eigenvalue weighted by Crippen LogP contribution is 2.43. The zero-order valence-corrected chi connectivity index (χ0v) is 24.5. The summed E-state index contributed by atoms with van der Waals surface area (Å²) in [6.45, 7) is 18.1. The van der Waals surface area contributed by atoms with Crippen molar-refractivity contribution in [3.05, 3.63) is 41.2 Å². The number of anilines is 1. The molecule has 0 spiro atoms. The van der Waals surface area contributed by atoms with Gasteiger partial charge in [0.1, 0.15) is 0 Å². The highest BCUT2D eigenvalue weighted by atomic mass is 16.6. The van der Waals surface area contributed by atoms with Gasteiger partial charge in [-0.05, 0) is 70.8 Å². The lowest BCUT2D eigenvalue weighted by Crippen LogP contribution is -2.40. The van der Waals surface area contributed by atoms with Crippen LogP contribution in [0.4, 0.5) is 5.69 Å². The van der Waals surface area contributed by atoms with Gasteiger partial charge in [-0.1, -0.05) is 32.4 Å². The number of pyridine rings is 1. The van der Waals surface area contributed by atoms with Crippen molar-refractivity contribution in [1.82, 2.24) is 9.61 Å². The molecule has 0 aliphatic carbocycles. The van der Waals surface area contributed by atoms with Crippen LogP contribution < -0.4 is 4.90 Å². The molecule has 1 aliphatic heterocycles. The van der Waals surface area contributed by atoms with E-state index in [9.17, 15) is 9.59 Å². The number of aromatic nitrogens is 2. The molecule has 8 nitrogen and oxygen atoms in total. The third-order valence-electron chi connectivity index (χ3n) is 7.49. The Morgan fingerprint density at radius 3 is 2.37 bits per heavy atom. The van der Waals surface area contributed by atoms with E-state index in [-0.39, 0.29) is 11.1 Å². The highest BCUT2D eigenvalue weighted by Gasteiger charge is 2.37. The van der Waals surface area contributed by atoms with Gasteiger partial charge in [-0.3, -0.25) is 0 Å². The quantitative estimate of drug-likeness (QED) is 0.269. The smallest absolute Gasteiger partial charge is 0.358 e. The minimum absolute atomic E-state index is 0.216. The van der Waals surface area contributed by atoms with Gasteiger partial charge in [-0.15, -0.1) is 0 Å². The fourth-order valence-electron chi connectivity index (χ4n) is 5.28. The van der Waals surface area contributed by atoms with Gasteiger partial charge in [0, 0.05) is 30.9 Å². The second-order valence-electron chi connectivity index (χ2n) is 11.9. The number of carbonyl (C=O) groups excluding carboxylic acids is 2. The van der Waals surface area contributed by atoms with Crippen LogP contribution >= 0.6 is 0 Å². The summed E-state index contributed by atoms with van der Waals surface area (Å²) in [5.74, 6) is -0.967. The zero-order chi connectivity index (χ0) is 28.3. The van der Waals surface area contributed by atoms with Crippen LogP contribution in [-0.4, -0.2) is 54.5 Å². The Bertz CT molecular complexity index is 1170. The molecule has 210 valence electrons. The molecule has 0 bridgehead atoms. The molecule has 1 fully saturated rings. The lowest BCUT2D eigenvalue weighted by Gasteiger charge is -2.42. The topological polar surface area (TPSA) is 82.4 Å². The molecule has 8 heteroatoms. The van der Waals surface area contributed by atoms with Crippen LogP contribution in [0.25, 0.3) is 5.52 Å². The van der Waals surface area contributed by atoms with Gasteiger partial charge < -0.3 is 19.1 Å². The number of hydrogen-bond acceptors (Lipinski definition) is 7. The van der Waals surface area contributed by atoms with Gasteiger partial charge in [-0.25, -0.2) is 14.1 Å². The van der Waals surface area contributed by atoms with Gasteiger partial charge in [0.25, 0.3) is 0 Å². The Kier molecular flexibility index (Phi) is 9.29. The predicted octanol–water partition coefficient (Wildman–Crippen LogP) is 6.20. The van der Waals surface area contributed by atoms with Crippen LogP contribution in [0.15, 0.2) is 24.4 Å². The monoisotopic (exact) mass is 527 g/mol. The van der Waals surface area contributed by atoms with Crippen molar-refractivity contribution in [3.63, 3.8) is 0 Å². The summed E-state index contributed by atoms with van der Waals surface area (Å²) >= 11 is 0. The van der Waals surface area contributed by atoms with E-state index in [0.29, 0.717) is 0 Å². The molecule has 1 aliphatic rings. The van der Waals surface area contributed by atoms with Crippen LogP contribution in [0, 0.1) is 12.3 Å². The van der Waals surface area contributed by atoms with E-state index in [2.05, 4.69) is 30.4 Å². The molecule has 38 heavy (non-hydrogen) atoms. The Morgan fingerprint density at radius 1 is 1.16 bits per heavy atom. The van der Waals surface area contributed by atoms with Crippen LogP contribution in [-0.2, 0) is 19.0 Å². The number of piperidine rings is 1. The average Bonchev–Trinajstić information content (AvgIpc) is 3.28. The number of fused-ring (bicyclic) bond motifs is 1. The number of methoxy groups -OCH3 is 2. The molecule has 0 aromatic carbocycles. The fraction of sp³-hybridized carbons (Fsp3) is 0.633. The first-order chi connectivity index (χ1) is 17.8. The van der Waals surface area contributed by atoms with Gasteiger partial charge in [0.05, 0.1) is 31.0 Å². The van der Waals surface area contributed by atoms with Crippen molar-refractivity contribution in [1.29, 1.82) is 0 Å². The van der Waals surface area contributed by atoms with Crippen molar-refractivity contribution in [2.45, 2.75) is 91.8 Å². The second kappa shape index (κ2) is 11.9. The summed E-state index contributed by atoms with van der Waals surface area (Å²) in [7, 11) is 2.72. The Morgan fingerprint density at radius 2 is 1.82 bits per heavy atom. The van der Waals surface area contributed by atoms with Gasteiger partial charge in [0.15, 0.2) is 11.8 Å². The molecule has 2 aromatic heterocycles. The maximum absolute atomic E-state index is 13.1. The molecule has 3 heterocycles. The Hall–Kier alpha value is -2.87. The summed E-state index contributed by atoms with van der Waals surface area (Å²) in [6, 6.07) is 1.73. The van der Waals surface area contributed by atoms with E-state index in [4.69, 9.17) is 14.2 Å². The van der Waals surface area contributed by atoms with E-state index in [1.54, 1.807) is 10.6 Å². The van der Waals surface area contributed by atoms with Crippen LogP contribution in [0.1, 0.15) is 101 Å². The summed E-state index contributed by atoms with van der Waals surface area (Å²) in [4.78, 5) is 27.8. The van der Waals surface area contributed by atoms with Gasteiger partial charge >= 0.3 is 11.9 Å². The third kappa shape index (κ3) is 6.76. The molecule has 2 aromatic rings. The molecule has 1 saturated heterocycles. The molecule has 0 N–H and O–H groups in total. The van der Waals surface area contributed by atoms with Gasteiger partial charge in [0.2, 0.25) is 0 Å². The maximum Gasteiger partial charge on any atom is 0.358 e. The molecule has 1 atom stereocenters. The molecule has 0 saturated carbocycles. The number of hydrogen-bond donors (Lipinski definition) is 0. The second-order valence-corrected chi connectivity index (χ2v) is 11.9. The van der Waals surface area contributed by atoms with Crippen LogP contribution in [0.3, 0.4) is 0 Å². The third-order valence-corrected chi connectivity index (χ3v) is 7.49. The number of aryl methyl sites for hydroxylation is 1. The summed E-state index contributed by atoms with van der Waals surface area (Å²) in [5.41, 5.74) is 4.33. The number of ether oxygens (including phenoxy) is 3. The predicted molar refractivity (Wildman–Crippen MR) is 150 cm³/mol. The van der Waals surface area contributed by atoms with Gasteiger partial charge in [-0.2, -0.15) is 5.10 Å². The molecule has 3 rings (SSSR count). The SMILES string of the molecule is C=C(CCC)CCC1(C)CCN(c2c(C(OC(C)(C)C)C(=O)OC)c(C)cn3nc(C(=O)OC)cc23)CC1. The lowest BCUT2D eigenvalue weighted by atomic mass is 9.75. The number of allylic oxidation sites excluding steroid dienone is 1. The van der Waals surface area contributed by atoms with Crippen molar-refractivity contribution < 1.29 is 23.8 Å². The normalized spacial score (nSPS) is 16.4. The number of rotatable bonds is 10. The Labute approximate surface area is 227 Å². The van der Waals surface area contributed by atoms with E-state index >= 15 is 0 Å². The fourth-order valence-corrected chi connectivity index (χ4v) is 5.28. The zero-order valence-electron chi connectivity index (χ0n) is 24.5. The highest BCUT2D eigenvalue weighted by molar-refractivity contribution is 5.92. The van der Waals surface area contributed by atoms with Crippen molar-refractivity contribution in [3.8, 4) is 0 Å². The van der Waals surface area contributed by atoms with Crippen LogP contribution in [0.2, 0.25) is 0 Å². The summed E-state index contributed by atoms with van der Waals surface area (Å²) in [5, 5.41) is 4.48. The maximum atomic E-state index is 13.1. The van der Waals surface area contributed by atoms with Crippen LogP contribution in [0.5, 0.6) is 0 Å². The van der Waals surface area contributed by atoms with Crippen molar-refractivity contribution >= 4 is 23.1 Å². The number of carbonyl (C=O) groups is 2. The molecule has 0 radical (unpaired) electrons. The first kappa shape index (κ1) is 29.7. The molecule has 1 unspecified atom stereocenters. The number of esters is 2. The Balaban J connectivity index is 2.08. The standard InChI is InChI=1S/C30H45N3O5/c1-10-11-20(2)12-13-30(7)14-16-32(17-15-30)25-23-18-22(27(34)36-8)31-33(23)19-21(3)24(25)26(28(35)37-9)38-29(4,5)6/h18-19,26H,2,10-17H2,1,3-9H3.